The average Bonchev–Trinajstić information content (AvgIpc) is 1.67. The number of rotatable bonds is 2. The van der Waals surface area contributed by atoms with Crippen LogP contribution < -0.4 is 3.53 Å². The van der Waals surface area contributed by atoms with Crippen LogP contribution in [0.3, 0.4) is 0 Å². The van der Waals surface area contributed by atoms with Gasteiger partial charge >= 0.3 is 0 Å². The van der Waals surface area contributed by atoms with Gasteiger partial charge in [-0.1, -0.05) is 0 Å². The molecule has 0 heterocycles. The van der Waals surface area contributed by atoms with Gasteiger partial charge in [-0.05, 0) is 13.8 Å². The molecule has 0 rings (SSSR count). The molecule has 0 aliphatic rings. The lowest BCUT2D eigenvalue weighted by Crippen LogP contribution is -2.37. The molecule has 4 heteroatoms. The lowest BCUT2D eigenvalue weighted by molar-refractivity contribution is -0.113. The van der Waals surface area contributed by atoms with Crippen LogP contribution in [0.1, 0.15) is 13.8 Å². The second-order valence-electron chi connectivity index (χ2n) is 1.99. The van der Waals surface area contributed by atoms with Crippen molar-refractivity contribution in [2.75, 3.05) is 0 Å². The third-order valence-corrected chi connectivity index (χ3v) is 3.42. The third-order valence-electron chi connectivity index (χ3n) is 0.728. The van der Waals surface area contributed by atoms with Crippen molar-refractivity contribution in [3.8, 4) is 0 Å². The molecule has 0 aromatic carbocycles. The van der Waals surface area contributed by atoms with Crippen LogP contribution in [0.4, 0.5) is 0 Å². The smallest absolute Gasteiger partial charge is 0.212 e. The van der Waals surface area contributed by atoms with Crippen molar-refractivity contribution in [2.45, 2.75) is 19.4 Å². The summed E-state index contributed by atoms with van der Waals surface area (Å²) >= 11 is 3.75. The van der Waals surface area contributed by atoms with E-state index in [1.807, 2.05) is 36.7 Å². The van der Waals surface area contributed by atoms with Gasteiger partial charge in [-0.2, -0.15) is 0 Å². The molecule has 0 aliphatic carbocycles. The topological polar surface area (TPSA) is 29.1 Å². The van der Waals surface area contributed by atoms with Crippen molar-refractivity contribution < 1.29 is 4.79 Å². The third kappa shape index (κ3) is 2.58. The van der Waals surface area contributed by atoms with E-state index < -0.39 is 0 Å². The maximum Gasteiger partial charge on any atom is 0.212 e. The summed E-state index contributed by atoms with van der Waals surface area (Å²) in [6.45, 7) is 3.68. The van der Waals surface area contributed by atoms with Crippen LogP contribution in [0.25, 0.3) is 0 Å². The summed E-state index contributed by atoms with van der Waals surface area (Å²) in [4.78, 5) is 10.6. The molecule has 8 heavy (non-hydrogen) atoms. The van der Waals surface area contributed by atoms with E-state index in [1.165, 1.54) is 0 Å². The number of nitrogens with one attached hydrogen (secondary N) is 1. The Morgan fingerprint density at radius 1 is 1.62 bits per heavy atom. The average molecular weight is 339 g/mol. The molecule has 2 nitrogen and oxygen atoms in total. The molecule has 0 unspecified atom stereocenters. The Kier molecular flexibility index (Phi) is 3.76. The Balaban J connectivity index is 3.91. The zero-order valence-corrected chi connectivity index (χ0v) is 8.98. The largest absolute Gasteiger partial charge is 0.286 e. The number of carbonyl (C=O) groups is 1. The van der Waals surface area contributed by atoms with Gasteiger partial charge < -0.3 is 0 Å². The van der Waals surface area contributed by atoms with E-state index in [1.54, 1.807) is 22.6 Å². The Labute approximate surface area is 76.4 Å². The minimum Gasteiger partial charge on any atom is -0.286 e. The molecular weight excluding hydrogens is 332 g/mol. The zero-order chi connectivity index (χ0) is 6.78. The molecule has 0 aromatic rings. The molecule has 0 amide bonds. The highest BCUT2D eigenvalue weighted by Gasteiger charge is 2.22. The summed E-state index contributed by atoms with van der Waals surface area (Å²) in [6, 6.07) is 0. The molecule has 0 saturated carbocycles. The van der Waals surface area contributed by atoms with Crippen LogP contribution in [0.5, 0.6) is 0 Å². The van der Waals surface area contributed by atoms with Gasteiger partial charge in [0.05, 0.1) is 5.54 Å². The Morgan fingerprint density at radius 2 is 2.00 bits per heavy atom. The van der Waals surface area contributed by atoms with Gasteiger partial charge in [-0.15, -0.1) is 0 Å². The van der Waals surface area contributed by atoms with Crippen LogP contribution in [0.15, 0.2) is 0 Å². The van der Waals surface area contributed by atoms with Gasteiger partial charge in [-0.3, -0.25) is 4.79 Å². The Bertz CT molecular complexity index is 102. The van der Waals surface area contributed by atoms with Crippen molar-refractivity contribution >= 4 is 49.2 Å². The van der Waals surface area contributed by atoms with Gasteiger partial charge in [-0.25, -0.2) is 3.53 Å². The van der Waals surface area contributed by atoms with E-state index in [2.05, 4.69) is 3.53 Å². The minimum atomic E-state index is -0.374. The second-order valence-corrected chi connectivity index (χ2v) is 3.51. The van der Waals surface area contributed by atoms with E-state index in [0.717, 1.165) is 0 Å². The highest BCUT2D eigenvalue weighted by molar-refractivity contribution is 14.1. The summed E-state index contributed by atoms with van der Waals surface area (Å²) < 4.78 is 2.98. The molecule has 0 aromatic heterocycles. The summed E-state index contributed by atoms with van der Waals surface area (Å²) in [7, 11) is 0. The molecular formula is C4H7I2NO. The molecule has 1 N–H and O–H groups in total. The Morgan fingerprint density at radius 3 is 2.00 bits per heavy atom. The second kappa shape index (κ2) is 3.31. The van der Waals surface area contributed by atoms with Gasteiger partial charge in [0.2, 0.25) is 3.79 Å². The highest BCUT2D eigenvalue weighted by Crippen LogP contribution is 2.09. The number of halogens is 2. The predicted octanol–water partition coefficient (Wildman–Crippen LogP) is 1.67. The first-order chi connectivity index (χ1) is 3.50. The molecule has 0 atom stereocenters. The normalized spacial score (nSPS) is 11.5. The van der Waals surface area contributed by atoms with E-state index in [9.17, 15) is 4.79 Å². The number of carbonyl (C=O) groups excluding carboxylic acids is 1. The summed E-state index contributed by atoms with van der Waals surface area (Å²) in [6.07, 6.45) is 0. The first-order valence-corrected chi connectivity index (χ1v) is 4.24. The van der Waals surface area contributed by atoms with Crippen LogP contribution in [-0.2, 0) is 4.79 Å². The molecule has 48 valence electrons. The van der Waals surface area contributed by atoms with Crippen molar-refractivity contribution in [3.63, 3.8) is 0 Å². The standard InChI is InChI=1S/C4H7I2NO/c1-4(2,7-6)3(5)8/h7H,1-2H3. The lowest BCUT2D eigenvalue weighted by atomic mass is 10.1. The van der Waals surface area contributed by atoms with Crippen LogP contribution >= 0.6 is 45.5 Å². The molecule has 0 aliphatic heterocycles. The van der Waals surface area contributed by atoms with E-state index in [-0.39, 0.29) is 9.33 Å². The minimum absolute atomic E-state index is 0.129. The van der Waals surface area contributed by atoms with E-state index in [4.69, 9.17) is 0 Å². The summed E-state index contributed by atoms with van der Waals surface area (Å²) in [5.41, 5.74) is -0.374. The van der Waals surface area contributed by atoms with Crippen molar-refractivity contribution in [2.24, 2.45) is 0 Å². The monoisotopic (exact) mass is 339 g/mol. The fourth-order valence-corrected chi connectivity index (χ4v) is 0.933. The SMILES string of the molecule is CC(C)(NI)C(=O)I. The predicted molar refractivity (Wildman–Crippen MR) is 50.3 cm³/mol. The molecule has 0 radical (unpaired) electrons. The fourth-order valence-electron chi connectivity index (χ4n) is 0.0371. The molecule has 0 bridgehead atoms. The van der Waals surface area contributed by atoms with Crippen molar-refractivity contribution in [3.05, 3.63) is 0 Å². The van der Waals surface area contributed by atoms with Gasteiger partial charge in [0.15, 0.2) is 0 Å². The lowest BCUT2D eigenvalue weighted by Gasteiger charge is -2.15. The van der Waals surface area contributed by atoms with Crippen molar-refractivity contribution in [1.29, 1.82) is 0 Å². The molecule has 0 fully saturated rings. The number of hydrogen-bond donors (Lipinski definition) is 1. The summed E-state index contributed by atoms with van der Waals surface area (Å²) in [5, 5.41) is 0. The zero-order valence-electron chi connectivity index (χ0n) is 4.66. The van der Waals surface area contributed by atoms with Crippen LogP contribution in [0.2, 0.25) is 0 Å². The van der Waals surface area contributed by atoms with E-state index >= 15 is 0 Å². The van der Waals surface area contributed by atoms with Gasteiger partial charge in [0.1, 0.15) is 0 Å². The Hall–Kier alpha value is 1.09. The highest BCUT2D eigenvalue weighted by atomic mass is 127. The van der Waals surface area contributed by atoms with Gasteiger partial charge in [0.25, 0.3) is 0 Å². The van der Waals surface area contributed by atoms with E-state index in [0.29, 0.717) is 0 Å². The van der Waals surface area contributed by atoms with Crippen molar-refractivity contribution in [1.82, 2.24) is 3.53 Å². The van der Waals surface area contributed by atoms with Crippen LogP contribution in [0, 0.1) is 0 Å². The first kappa shape index (κ1) is 9.09. The first-order valence-electron chi connectivity index (χ1n) is 2.08. The maximum atomic E-state index is 10.6. The van der Waals surface area contributed by atoms with Crippen LogP contribution in [-0.4, -0.2) is 9.33 Å². The molecule has 0 spiro atoms. The van der Waals surface area contributed by atoms with Gasteiger partial charge in [0, 0.05) is 45.5 Å². The quantitative estimate of drug-likeness (QED) is 0.471. The summed E-state index contributed by atoms with van der Waals surface area (Å²) in [5.74, 6) is 0. The maximum absolute atomic E-state index is 10.6. The number of hydrogen-bond acceptors (Lipinski definition) is 2. The fraction of sp³-hybridized carbons (Fsp3) is 0.750. The molecule has 0 saturated heterocycles.